The summed E-state index contributed by atoms with van der Waals surface area (Å²) < 4.78 is 0. The van der Waals surface area contributed by atoms with Gasteiger partial charge in [0.1, 0.15) is 0 Å². The zero-order valence-electron chi connectivity index (χ0n) is 11.5. The van der Waals surface area contributed by atoms with Crippen molar-refractivity contribution in [3.8, 4) is 0 Å². The molecule has 98 valence electrons. The smallest absolute Gasteiger partial charge is 0.00168 e. The van der Waals surface area contributed by atoms with E-state index in [0.717, 1.165) is 12.8 Å². The lowest BCUT2D eigenvalue weighted by atomic mass is 9.92. The van der Waals surface area contributed by atoms with Gasteiger partial charge in [-0.3, -0.25) is 0 Å². The molecule has 0 aromatic heterocycles. The van der Waals surface area contributed by atoms with Crippen molar-refractivity contribution in [1.82, 2.24) is 0 Å². The van der Waals surface area contributed by atoms with Crippen molar-refractivity contribution in [3.63, 3.8) is 0 Å². The van der Waals surface area contributed by atoms with Gasteiger partial charge in [0.05, 0.1) is 0 Å². The minimum Gasteiger partial charge on any atom is -0.103 e. The van der Waals surface area contributed by atoms with E-state index in [4.69, 9.17) is 0 Å². The van der Waals surface area contributed by atoms with E-state index in [1.54, 1.807) is 0 Å². The fourth-order valence-corrected chi connectivity index (χ4v) is 2.74. The molecule has 0 heterocycles. The summed E-state index contributed by atoms with van der Waals surface area (Å²) in [7, 11) is 0. The van der Waals surface area contributed by atoms with E-state index in [-0.39, 0.29) is 0 Å². The summed E-state index contributed by atoms with van der Waals surface area (Å²) in [5, 5.41) is 2.67. The maximum atomic E-state index is 3.88. The first-order valence-corrected chi connectivity index (χ1v) is 7.03. The Bertz CT molecular complexity index is 723. The van der Waals surface area contributed by atoms with Crippen LogP contribution in [0.4, 0.5) is 0 Å². The van der Waals surface area contributed by atoms with E-state index >= 15 is 0 Å². The SMILES string of the molecule is C=CCc1ccc2ccccc2c1Cc1ccccc1. The molecule has 0 aliphatic heterocycles. The van der Waals surface area contributed by atoms with E-state index in [2.05, 4.69) is 73.3 Å². The Balaban J connectivity index is 2.14. The molecular weight excluding hydrogens is 240 g/mol. The van der Waals surface area contributed by atoms with E-state index < -0.39 is 0 Å². The summed E-state index contributed by atoms with van der Waals surface area (Å²) in [5.74, 6) is 0. The normalized spacial score (nSPS) is 10.6. The lowest BCUT2D eigenvalue weighted by molar-refractivity contribution is 1.14. The summed E-state index contributed by atoms with van der Waals surface area (Å²) in [6.45, 7) is 3.88. The van der Waals surface area contributed by atoms with E-state index in [1.807, 2.05) is 6.08 Å². The van der Waals surface area contributed by atoms with Crippen LogP contribution in [0.2, 0.25) is 0 Å². The van der Waals surface area contributed by atoms with Gasteiger partial charge in [0.25, 0.3) is 0 Å². The Kier molecular flexibility index (Phi) is 3.64. The molecule has 0 aliphatic rings. The Morgan fingerprint density at radius 3 is 2.35 bits per heavy atom. The zero-order valence-corrected chi connectivity index (χ0v) is 11.5. The molecule has 0 spiro atoms. The second kappa shape index (κ2) is 5.75. The number of benzene rings is 3. The molecule has 0 aliphatic carbocycles. The molecular formula is C20H18. The summed E-state index contributed by atoms with van der Waals surface area (Å²) >= 11 is 0. The molecule has 3 aromatic carbocycles. The summed E-state index contributed by atoms with van der Waals surface area (Å²) in [6.07, 6.45) is 3.89. The fraction of sp³-hybridized carbons (Fsp3) is 0.100. The third kappa shape index (κ3) is 2.50. The maximum absolute atomic E-state index is 3.88. The molecule has 0 amide bonds. The Labute approximate surface area is 120 Å². The second-order valence-corrected chi connectivity index (χ2v) is 5.08. The van der Waals surface area contributed by atoms with Crippen molar-refractivity contribution in [2.24, 2.45) is 0 Å². The standard InChI is InChI=1S/C20H18/c1-2-8-17-13-14-18-11-6-7-12-19(18)20(17)15-16-9-4-3-5-10-16/h2-7,9-14H,1,8,15H2. The average molecular weight is 258 g/mol. The number of rotatable bonds is 4. The molecule has 0 N–H and O–H groups in total. The molecule has 0 radical (unpaired) electrons. The first-order chi connectivity index (χ1) is 9.88. The third-order valence-electron chi connectivity index (χ3n) is 3.73. The van der Waals surface area contributed by atoms with Gasteiger partial charge in [0, 0.05) is 0 Å². The highest BCUT2D eigenvalue weighted by molar-refractivity contribution is 5.87. The van der Waals surface area contributed by atoms with Crippen LogP contribution in [0.1, 0.15) is 16.7 Å². The van der Waals surface area contributed by atoms with Gasteiger partial charge in [-0.2, -0.15) is 0 Å². The van der Waals surface area contributed by atoms with Gasteiger partial charge in [0.2, 0.25) is 0 Å². The zero-order chi connectivity index (χ0) is 13.8. The second-order valence-electron chi connectivity index (χ2n) is 5.08. The molecule has 0 heteroatoms. The maximum Gasteiger partial charge on any atom is -0.00168 e. The largest absolute Gasteiger partial charge is 0.103 e. The van der Waals surface area contributed by atoms with Crippen LogP contribution in [0.3, 0.4) is 0 Å². The van der Waals surface area contributed by atoms with Crippen molar-refractivity contribution in [1.29, 1.82) is 0 Å². The van der Waals surface area contributed by atoms with E-state index in [1.165, 1.54) is 27.5 Å². The molecule has 0 saturated heterocycles. The van der Waals surface area contributed by atoms with Crippen molar-refractivity contribution in [3.05, 3.63) is 96.1 Å². The molecule has 20 heavy (non-hydrogen) atoms. The van der Waals surface area contributed by atoms with Gasteiger partial charge in [-0.1, -0.05) is 72.8 Å². The van der Waals surface area contributed by atoms with E-state index in [9.17, 15) is 0 Å². The number of hydrogen-bond donors (Lipinski definition) is 0. The van der Waals surface area contributed by atoms with Gasteiger partial charge < -0.3 is 0 Å². The number of allylic oxidation sites excluding steroid dienone is 1. The van der Waals surface area contributed by atoms with Crippen LogP contribution < -0.4 is 0 Å². The number of fused-ring (bicyclic) bond motifs is 1. The van der Waals surface area contributed by atoms with E-state index in [0.29, 0.717) is 0 Å². The molecule has 0 atom stereocenters. The van der Waals surface area contributed by atoms with Crippen LogP contribution >= 0.6 is 0 Å². The first kappa shape index (κ1) is 12.7. The summed E-state index contributed by atoms with van der Waals surface area (Å²) in [4.78, 5) is 0. The van der Waals surface area contributed by atoms with Crippen molar-refractivity contribution in [2.45, 2.75) is 12.8 Å². The molecule has 0 fully saturated rings. The Hall–Kier alpha value is -2.34. The monoisotopic (exact) mass is 258 g/mol. The lowest BCUT2D eigenvalue weighted by Gasteiger charge is -2.12. The molecule has 0 unspecified atom stereocenters. The summed E-state index contributed by atoms with van der Waals surface area (Å²) in [5.41, 5.74) is 4.16. The van der Waals surface area contributed by atoms with Gasteiger partial charge in [-0.15, -0.1) is 6.58 Å². The molecule has 3 rings (SSSR count). The first-order valence-electron chi connectivity index (χ1n) is 7.03. The topological polar surface area (TPSA) is 0 Å². The van der Waals surface area contributed by atoms with Crippen LogP contribution in [-0.4, -0.2) is 0 Å². The highest BCUT2D eigenvalue weighted by Crippen LogP contribution is 2.25. The van der Waals surface area contributed by atoms with Crippen molar-refractivity contribution in [2.75, 3.05) is 0 Å². The molecule has 3 aromatic rings. The van der Waals surface area contributed by atoms with Gasteiger partial charge in [0.15, 0.2) is 0 Å². The van der Waals surface area contributed by atoms with Gasteiger partial charge in [-0.05, 0) is 40.3 Å². The fourth-order valence-electron chi connectivity index (χ4n) is 2.74. The van der Waals surface area contributed by atoms with Gasteiger partial charge in [-0.25, -0.2) is 0 Å². The lowest BCUT2D eigenvalue weighted by Crippen LogP contribution is -1.96. The average Bonchev–Trinajstić information content (AvgIpc) is 2.51. The van der Waals surface area contributed by atoms with Crippen LogP contribution in [0, 0.1) is 0 Å². The predicted octanol–water partition coefficient (Wildman–Crippen LogP) is 5.16. The molecule has 0 nitrogen and oxygen atoms in total. The molecule has 0 bridgehead atoms. The van der Waals surface area contributed by atoms with Gasteiger partial charge >= 0.3 is 0 Å². The van der Waals surface area contributed by atoms with Crippen LogP contribution in [0.5, 0.6) is 0 Å². The predicted molar refractivity (Wildman–Crippen MR) is 87.1 cm³/mol. The Morgan fingerprint density at radius 2 is 1.55 bits per heavy atom. The minimum atomic E-state index is 0.924. The third-order valence-corrected chi connectivity index (χ3v) is 3.73. The quantitative estimate of drug-likeness (QED) is 0.567. The van der Waals surface area contributed by atoms with Crippen LogP contribution in [0.25, 0.3) is 10.8 Å². The number of hydrogen-bond acceptors (Lipinski definition) is 0. The molecule has 0 saturated carbocycles. The van der Waals surface area contributed by atoms with Crippen molar-refractivity contribution >= 4 is 10.8 Å². The van der Waals surface area contributed by atoms with Crippen LogP contribution in [-0.2, 0) is 12.8 Å². The highest BCUT2D eigenvalue weighted by atomic mass is 14.1. The van der Waals surface area contributed by atoms with Crippen molar-refractivity contribution < 1.29 is 0 Å². The highest BCUT2D eigenvalue weighted by Gasteiger charge is 2.07. The van der Waals surface area contributed by atoms with Crippen LogP contribution in [0.15, 0.2) is 79.4 Å². The summed E-state index contributed by atoms with van der Waals surface area (Å²) in [6, 6.07) is 23.7. The minimum absolute atomic E-state index is 0.924. The Morgan fingerprint density at radius 1 is 0.800 bits per heavy atom.